The molecule has 0 bridgehead atoms. The van der Waals surface area contributed by atoms with Crippen LogP contribution in [0.1, 0.15) is 115 Å². The molecule has 1 aliphatic rings. The zero-order valence-corrected chi connectivity index (χ0v) is 20.2. The van der Waals surface area contributed by atoms with Gasteiger partial charge in [-0.1, -0.05) is 72.9 Å². The van der Waals surface area contributed by atoms with Crippen molar-refractivity contribution < 1.29 is 17.3 Å². The van der Waals surface area contributed by atoms with Crippen molar-refractivity contribution >= 4 is 10.1 Å². The molecule has 0 heterocycles. The molecule has 1 fully saturated rings. The van der Waals surface area contributed by atoms with Gasteiger partial charge in [0.15, 0.2) is 0 Å². The average molecular weight is 425 g/mol. The van der Waals surface area contributed by atoms with Crippen LogP contribution in [-0.4, -0.2) is 27.7 Å². The van der Waals surface area contributed by atoms with Gasteiger partial charge in [-0.25, -0.2) is 0 Å². The number of rotatable bonds is 9. The second-order valence-corrected chi connectivity index (χ2v) is 11.0. The minimum Gasteiger partial charge on any atom is -0.378 e. The van der Waals surface area contributed by atoms with Crippen LogP contribution in [0.25, 0.3) is 0 Å². The van der Waals surface area contributed by atoms with Crippen LogP contribution in [0, 0.1) is 0 Å². The quantitative estimate of drug-likeness (QED) is 0.424. The summed E-state index contributed by atoms with van der Waals surface area (Å²) in [5.74, 6) is 0.544. The van der Waals surface area contributed by atoms with Gasteiger partial charge >= 0.3 is 0 Å². The van der Waals surface area contributed by atoms with Gasteiger partial charge in [0.2, 0.25) is 0 Å². The van der Waals surface area contributed by atoms with E-state index in [2.05, 4.69) is 26.0 Å². The molecule has 0 aromatic heterocycles. The summed E-state index contributed by atoms with van der Waals surface area (Å²) >= 11 is 0. The third-order valence-electron chi connectivity index (χ3n) is 6.32. The first kappa shape index (κ1) is 24.4. The van der Waals surface area contributed by atoms with E-state index in [-0.39, 0.29) is 24.0 Å². The van der Waals surface area contributed by atoms with E-state index in [0.717, 1.165) is 36.8 Å². The van der Waals surface area contributed by atoms with Crippen molar-refractivity contribution in [1.29, 1.82) is 0 Å². The van der Waals surface area contributed by atoms with Crippen LogP contribution in [0.3, 0.4) is 0 Å². The lowest BCUT2D eigenvalue weighted by Crippen LogP contribution is -2.35. The third kappa shape index (κ3) is 5.83. The highest BCUT2D eigenvalue weighted by atomic mass is 32.2. The van der Waals surface area contributed by atoms with E-state index in [1.807, 2.05) is 27.7 Å². The summed E-state index contributed by atoms with van der Waals surface area (Å²) in [5, 5.41) is 0. The summed E-state index contributed by atoms with van der Waals surface area (Å²) in [4.78, 5) is 0.377. The van der Waals surface area contributed by atoms with Crippen LogP contribution in [0.4, 0.5) is 0 Å². The Morgan fingerprint density at radius 1 is 0.897 bits per heavy atom. The summed E-state index contributed by atoms with van der Waals surface area (Å²) < 4.78 is 38.1. The Labute approximate surface area is 178 Å². The van der Waals surface area contributed by atoms with Crippen LogP contribution in [-0.2, 0) is 19.0 Å². The highest BCUT2D eigenvalue weighted by Gasteiger charge is 2.33. The van der Waals surface area contributed by atoms with E-state index in [0.29, 0.717) is 17.2 Å². The number of hydrogen-bond donors (Lipinski definition) is 0. The van der Waals surface area contributed by atoms with E-state index in [1.165, 1.54) is 12.0 Å². The molecule has 1 aromatic carbocycles. The molecule has 1 aromatic rings. The van der Waals surface area contributed by atoms with Crippen LogP contribution in [0.5, 0.6) is 0 Å². The molecule has 0 amide bonds. The molecule has 0 radical (unpaired) electrons. The fraction of sp³-hybridized carbons (Fsp3) is 0.750. The molecule has 0 atom stereocenters. The first-order valence-electron chi connectivity index (χ1n) is 11.2. The number of methoxy groups -OCH3 is 1. The van der Waals surface area contributed by atoms with Gasteiger partial charge in [-0.05, 0) is 47.3 Å². The maximum Gasteiger partial charge on any atom is 0.297 e. The van der Waals surface area contributed by atoms with Gasteiger partial charge < -0.3 is 4.74 Å². The van der Waals surface area contributed by atoms with Crippen molar-refractivity contribution in [3.63, 3.8) is 0 Å². The van der Waals surface area contributed by atoms with Crippen LogP contribution in [0.2, 0.25) is 0 Å². The van der Waals surface area contributed by atoms with Gasteiger partial charge in [0.05, 0.1) is 12.2 Å². The molecule has 2 rings (SSSR count). The molecule has 4 nitrogen and oxygen atoms in total. The lowest BCUT2D eigenvalue weighted by molar-refractivity contribution is -0.0521. The van der Waals surface area contributed by atoms with E-state index in [1.54, 1.807) is 7.11 Å². The van der Waals surface area contributed by atoms with Crippen molar-refractivity contribution in [3.05, 3.63) is 28.8 Å². The molecule has 29 heavy (non-hydrogen) atoms. The zero-order valence-electron chi connectivity index (χ0n) is 19.4. The Morgan fingerprint density at radius 3 is 1.83 bits per heavy atom. The predicted molar refractivity (Wildman–Crippen MR) is 119 cm³/mol. The van der Waals surface area contributed by atoms with Crippen molar-refractivity contribution in [2.45, 2.75) is 108 Å². The molecule has 5 heteroatoms. The van der Waals surface area contributed by atoms with Gasteiger partial charge in [-0.3, -0.25) is 4.18 Å². The summed E-state index contributed by atoms with van der Waals surface area (Å²) in [7, 11) is -2.11. The highest BCUT2D eigenvalue weighted by molar-refractivity contribution is 7.86. The lowest BCUT2D eigenvalue weighted by Gasteiger charge is -2.36. The van der Waals surface area contributed by atoms with Crippen molar-refractivity contribution in [2.24, 2.45) is 0 Å². The Kier molecular flexibility index (Phi) is 8.34. The first-order chi connectivity index (χ1) is 13.5. The molecular formula is C24H40O4S. The predicted octanol–water partition coefficient (Wildman–Crippen LogP) is 6.50. The maximum atomic E-state index is 13.3. The minimum absolute atomic E-state index is 0.100. The second-order valence-electron chi connectivity index (χ2n) is 9.47. The monoisotopic (exact) mass is 424 g/mol. The van der Waals surface area contributed by atoms with Crippen LogP contribution in [0.15, 0.2) is 17.0 Å². The molecule has 166 valence electrons. The van der Waals surface area contributed by atoms with Crippen LogP contribution < -0.4 is 0 Å². The van der Waals surface area contributed by atoms with Crippen molar-refractivity contribution in [1.82, 2.24) is 0 Å². The molecule has 0 aliphatic heterocycles. The summed E-state index contributed by atoms with van der Waals surface area (Å²) in [6, 6.07) is 4.10. The Morgan fingerprint density at radius 2 is 1.41 bits per heavy atom. The van der Waals surface area contributed by atoms with E-state index in [4.69, 9.17) is 8.92 Å². The van der Waals surface area contributed by atoms with Crippen molar-refractivity contribution in [2.75, 3.05) is 13.7 Å². The largest absolute Gasteiger partial charge is 0.378 e. The van der Waals surface area contributed by atoms with E-state index in [9.17, 15) is 8.42 Å². The molecule has 1 saturated carbocycles. The molecule has 0 N–H and O–H groups in total. The molecule has 0 spiro atoms. The normalized spacial score (nSPS) is 17.4. The number of ether oxygens (including phenoxy) is 1. The number of benzene rings is 1. The summed E-state index contributed by atoms with van der Waals surface area (Å²) in [6.07, 6.45) is 6.05. The third-order valence-corrected chi connectivity index (χ3v) is 7.77. The van der Waals surface area contributed by atoms with Gasteiger partial charge in [0.25, 0.3) is 10.1 Å². The van der Waals surface area contributed by atoms with Crippen LogP contribution >= 0.6 is 0 Å². The highest BCUT2D eigenvalue weighted by Crippen LogP contribution is 2.37. The van der Waals surface area contributed by atoms with Gasteiger partial charge in [-0.2, -0.15) is 8.42 Å². The second kappa shape index (κ2) is 9.93. The Hall–Kier alpha value is -0.910. The van der Waals surface area contributed by atoms with Crippen molar-refractivity contribution in [3.8, 4) is 0 Å². The zero-order chi connectivity index (χ0) is 21.8. The first-order valence-corrected chi connectivity index (χ1v) is 12.6. The van der Waals surface area contributed by atoms with Gasteiger partial charge in [-0.15, -0.1) is 0 Å². The number of hydrogen-bond acceptors (Lipinski definition) is 4. The molecular weight excluding hydrogens is 384 g/mol. The topological polar surface area (TPSA) is 52.6 Å². The summed E-state index contributed by atoms with van der Waals surface area (Å²) in [6.45, 7) is 12.6. The average Bonchev–Trinajstić information content (AvgIpc) is 2.67. The standard InChI is InChI=1S/C24H40O4S/c1-17(2)20-15-21(18(3)4)23(22(16-20)19(5)6)29(25,26)28-14-13-24(27-7)11-9-8-10-12-24/h15-19H,8-14H2,1-7H3. The van der Waals surface area contributed by atoms with Gasteiger partial charge in [0.1, 0.15) is 4.90 Å². The Bertz CT molecular complexity index is 743. The lowest BCUT2D eigenvalue weighted by atomic mass is 9.82. The van der Waals surface area contributed by atoms with E-state index >= 15 is 0 Å². The summed E-state index contributed by atoms with van der Waals surface area (Å²) in [5.41, 5.74) is 2.66. The fourth-order valence-corrected chi connectivity index (χ4v) is 5.91. The minimum atomic E-state index is -3.85. The fourth-order valence-electron chi connectivity index (χ4n) is 4.33. The SMILES string of the molecule is COC1(CCOS(=O)(=O)c2c(C(C)C)cc(C(C)C)cc2C(C)C)CCCCC1. The van der Waals surface area contributed by atoms with E-state index < -0.39 is 10.1 Å². The molecule has 0 saturated heterocycles. The van der Waals surface area contributed by atoms with Gasteiger partial charge in [0, 0.05) is 13.5 Å². The maximum absolute atomic E-state index is 13.3. The molecule has 0 unspecified atom stereocenters. The molecule has 1 aliphatic carbocycles. The smallest absolute Gasteiger partial charge is 0.297 e. The Balaban J connectivity index is 2.35.